The molecule has 3 atom stereocenters. The van der Waals surface area contributed by atoms with Gasteiger partial charge in [-0.3, -0.25) is 4.90 Å². The van der Waals surface area contributed by atoms with Crippen molar-refractivity contribution in [3.8, 4) is 0 Å². The summed E-state index contributed by atoms with van der Waals surface area (Å²) < 4.78 is 2.26. The predicted octanol–water partition coefficient (Wildman–Crippen LogP) is 2.52. The summed E-state index contributed by atoms with van der Waals surface area (Å²) in [6.45, 7) is 7.31. The summed E-state index contributed by atoms with van der Waals surface area (Å²) in [6.07, 6.45) is 4.92. The molecule has 3 unspecified atom stereocenters. The van der Waals surface area contributed by atoms with E-state index < -0.39 is 0 Å². The Morgan fingerprint density at radius 2 is 2.06 bits per heavy atom. The normalized spacial score (nSPS) is 34.4. The molecule has 0 radical (unpaired) electrons. The van der Waals surface area contributed by atoms with E-state index in [0.29, 0.717) is 11.5 Å². The van der Waals surface area contributed by atoms with Gasteiger partial charge < -0.3 is 0 Å². The minimum Gasteiger partial charge on any atom is -0.256 e. The van der Waals surface area contributed by atoms with E-state index in [0.717, 1.165) is 12.0 Å². The van der Waals surface area contributed by atoms with Gasteiger partial charge in [0.2, 0.25) is 0 Å². The number of anilines is 1. The Hall–Kier alpha value is -1.05. The molecule has 2 nitrogen and oxygen atoms in total. The Bertz CT molecular complexity index is 438. The summed E-state index contributed by atoms with van der Waals surface area (Å²) in [5.41, 5.74) is 0.474. The largest absolute Gasteiger partial charge is 0.276 e. The first-order valence-electron chi connectivity index (χ1n) is 6.76. The van der Waals surface area contributed by atoms with Gasteiger partial charge in [0.15, 0.2) is 0 Å². The summed E-state index contributed by atoms with van der Waals surface area (Å²) in [5, 5.41) is 0. The molecule has 2 heterocycles. The molecule has 0 N–H and O–H groups in total. The second kappa shape index (κ2) is 3.47. The van der Waals surface area contributed by atoms with Crippen LogP contribution in [0, 0.1) is 11.3 Å². The first kappa shape index (κ1) is 11.1. The van der Waals surface area contributed by atoms with E-state index in [4.69, 9.17) is 0 Å². The maximum absolute atomic E-state index is 2.66. The fraction of sp³-hybridized carbons (Fsp3) is 0.667. The van der Waals surface area contributed by atoms with E-state index in [9.17, 15) is 0 Å². The highest BCUT2D eigenvalue weighted by Crippen LogP contribution is 2.55. The smallest absolute Gasteiger partial charge is 0.256 e. The van der Waals surface area contributed by atoms with Crippen LogP contribution < -0.4 is 9.47 Å². The summed E-state index contributed by atoms with van der Waals surface area (Å²) in [4.78, 5) is 2.66. The number of nitrogens with zero attached hydrogens (tertiary/aromatic N) is 2. The van der Waals surface area contributed by atoms with Crippen LogP contribution in [0.25, 0.3) is 0 Å². The van der Waals surface area contributed by atoms with Crippen LogP contribution in [0.3, 0.4) is 0 Å². The second-order valence-electron chi connectivity index (χ2n) is 6.34. The molecule has 92 valence electrons. The van der Waals surface area contributed by atoms with Gasteiger partial charge in [-0.25, -0.2) is 4.57 Å². The third-order valence-electron chi connectivity index (χ3n) is 5.21. The van der Waals surface area contributed by atoms with E-state index in [1.165, 1.54) is 18.7 Å². The van der Waals surface area contributed by atoms with Crippen LogP contribution >= 0.6 is 0 Å². The Balaban J connectivity index is 2.04. The fourth-order valence-electron chi connectivity index (χ4n) is 4.32. The van der Waals surface area contributed by atoms with Crippen molar-refractivity contribution in [2.45, 2.75) is 45.7 Å². The summed E-state index contributed by atoms with van der Waals surface area (Å²) in [7, 11) is 2.15. The molecule has 1 aromatic rings. The lowest BCUT2D eigenvalue weighted by molar-refractivity contribution is -0.659. The van der Waals surface area contributed by atoms with Gasteiger partial charge in [0, 0.05) is 17.4 Å². The molecule has 2 bridgehead atoms. The van der Waals surface area contributed by atoms with Crippen molar-refractivity contribution in [2.75, 3.05) is 4.90 Å². The topological polar surface area (TPSA) is 7.12 Å². The summed E-state index contributed by atoms with van der Waals surface area (Å²) in [6, 6.07) is 7.91. The average Bonchev–Trinajstić information content (AvgIpc) is 2.66. The van der Waals surface area contributed by atoms with Gasteiger partial charge in [0.1, 0.15) is 6.04 Å². The lowest BCUT2D eigenvalue weighted by Gasteiger charge is -2.28. The molecule has 1 aromatic heterocycles. The molecular weight excluding hydrogens is 208 g/mol. The molecule has 1 saturated heterocycles. The molecule has 0 spiro atoms. The van der Waals surface area contributed by atoms with Crippen molar-refractivity contribution in [3.05, 3.63) is 24.4 Å². The van der Waals surface area contributed by atoms with Crippen LogP contribution in [0.5, 0.6) is 0 Å². The van der Waals surface area contributed by atoms with Gasteiger partial charge >= 0.3 is 0 Å². The van der Waals surface area contributed by atoms with E-state index in [-0.39, 0.29) is 0 Å². The number of pyridine rings is 1. The quantitative estimate of drug-likeness (QED) is 0.674. The van der Waals surface area contributed by atoms with Crippen LogP contribution in [0.1, 0.15) is 33.6 Å². The number of hydrogen-bond donors (Lipinski definition) is 0. The zero-order valence-electron chi connectivity index (χ0n) is 11.4. The maximum atomic E-state index is 2.66. The third kappa shape index (κ3) is 1.36. The number of piperidine rings is 1. The van der Waals surface area contributed by atoms with Gasteiger partial charge in [-0.2, -0.15) is 0 Å². The van der Waals surface area contributed by atoms with Crippen LogP contribution in [0.4, 0.5) is 5.82 Å². The molecular formula is C15H23N2+. The Morgan fingerprint density at radius 1 is 1.29 bits per heavy atom. The summed E-state index contributed by atoms with van der Waals surface area (Å²) >= 11 is 0. The van der Waals surface area contributed by atoms with Crippen LogP contribution in [0.2, 0.25) is 0 Å². The lowest BCUT2D eigenvalue weighted by Crippen LogP contribution is -2.47. The monoisotopic (exact) mass is 231 g/mol. The van der Waals surface area contributed by atoms with Crippen molar-refractivity contribution in [1.29, 1.82) is 0 Å². The van der Waals surface area contributed by atoms with E-state index in [2.05, 4.69) is 61.7 Å². The Morgan fingerprint density at radius 3 is 2.65 bits per heavy atom. The Kier molecular flexibility index (Phi) is 2.26. The first-order chi connectivity index (χ1) is 8.03. The fourth-order valence-corrected chi connectivity index (χ4v) is 4.32. The molecule has 0 amide bonds. The number of rotatable bonds is 1. The molecule has 2 heteroatoms. The third-order valence-corrected chi connectivity index (χ3v) is 5.21. The number of aromatic nitrogens is 1. The SMILES string of the molecule is CC1C2CCC(N1c1cccc[n+]1C)C2(C)C. The van der Waals surface area contributed by atoms with E-state index >= 15 is 0 Å². The highest BCUT2D eigenvalue weighted by atomic mass is 15.3. The van der Waals surface area contributed by atoms with Crippen LogP contribution in [-0.2, 0) is 7.05 Å². The highest BCUT2D eigenvalue weighted by Gasteiger charge is 2.61. The van der Waals surface area contributed by atoms with Crippen molar-refractivity contribution in [2.24, 2.45) is 18.4 Å². The number of hydrogen-bond acceptors (Lipinski definition) is 1. The zero-order valence-corrected chi connectivity index (χ0v) is 11.4. The van der Waals surface area contributed by atoms with Crippen molar-refractivity contribution in [3.63, 3.8) is 0 Å². The van der Waals surface area contributed by atoms with E-state index in [1.54, 1.807) is 0 Å². The molecule has 0 aromatic carbocycles. The first-order valence-corrected chi connectivity index (χ1v) is 6.76. The molecule has 1 aliphatic carbocycles. The van der Waals surface area contributed by atoms with Gasteiger partial charge in [0.25, 0.3) is 5.82 Å². The highest BCUT2D eigenvalue weighted by molar-refractivity contribution is 5.42. The average molecular weight is 231 g/mol. The second-order valence-corrected chi connectivity index (χ2v) is 6.34. The lowest BCUT2D eigenvalue weighted by atomic mass is 9.80. The van der Waals surface area contributed by atoms with Crippen molar-refractivity contribution >= 4 is 5.82 Å². The molecule has 1 saturated carbocycles. The van der Waals surface area contributed by atoms with Crippen LogP contribution in [-0.4, -0.2) is 12.1 Å². The molecule has 2 fully saturated rings. The zero-order chi connectivity index (χ0) is 12.2. The van der Waals surface area contributed by atoms with Gasteiger partial charge in [-0.1, -0.05) is 19.9 Å². The van der Waals surface area contributed by atoms with Crippen LogP contribution in [0.15, 0.2) is 24.4 Å². The summed E-state index contributed by atoms with van der Waals surface area (Å²) in [5.74, 6) is 2.23. The van der Waals surface area contributed by atoms with Crippen molar-refractivity contribution in [1.82, 2.24) is 0 Å². The van der Waals surface area contributed by atoms with Gasteiger partial charge in [-0.05, 0) is 25.8 Å². The molecule has 3 rings (SSSR count). The minimum atomic E-state index is 0.474. The molecule has 17 heavy (non-hydrogen) atoms. The van der Waals surface area contributed by atoms with Gasteiger partial charge in [0.05, 0.1) is 19.3 Å². The predicted molar refractivity (Wildman–Crippen MR) is 69.9 cm³/mol. The molecule has 1 aliphatic heterocycles. The maximum Gasteiger partial charge on any atom is 0.276 e. The van der Waals surface area contributed by atoms with E-state index in [1.807, 2.05) is 0 Å². The number of fused-ring (bicyclic) bond motifs is 2. The standard InChI is InChI=1S/C15H23N2/c1-11-12-8-9-13(15(12,2)3)17(11)14-7-5-6-10-16(14)4/h5-7,10-13H,8-9H2,1-4H3/q+1. The number of aryl methyl sites for hydroxylation is 1. The molecule has 2 aliphatic rings. The Labute approximate surface area is 104 Å². The minimum absolute atomic E-state index is 0.474. The van der Waals surface area contributed by atoms with Gasteiger partial charge in [-0.15, -0.1) is 0 Å². The van der Waals surface area contributed by atoms with Crippen molar-refractivity contribution < 1.29 is 4.57 Å².